The maximum absolute atomic E-state index is 2.48. The first kappa shape index (κ1) is 22.0. The van der Waals surface area contributed by atoms with Gasteiger partial charge >= 0.3 is 0 Å². The van der Waals surface area contributed by atoms with Gasteiger partial charge in [-0.1, -0.05) is 125 Å². The summed E-state index contributed by atoms with van der Waals surface area (Å²) in [5, 5.41) is 0. The van der Waals surface area contributed by atoms with Crippen LogP contribution in [0, 0.1) is 11.3 Å². The Hall–Kier alpha value is 0. The summed E-state index contributed by atoms with van der Waals surface area (Å²) in [6.45, 7) is 11.9. The van der Waals surface area contributed by atoms with Crippen molar-refractivity contribution >= 4 is 0 Å². The molecule has 0 heterocycles. The second-order valence-corrected chi connectivity index (χ2v) is 8.15. The number of hydrogen-bond donors (Lipinski definition) is 0. The van der Waals surface area contributed by atoms with Crippen LogP contribution in [0.5, 0.6) is 0 Å². The van der Waals surface area contributed by atoms with Crippen LogP contribution in [0.2, 0.25) is 0 Å². The average molecular weight is 311 g/mol. The lowest BCUT2D eigenvalue weighted by Crippen LogP contribution is -2.22. The van der Waals surface area contributed by atoms with Crippen LogP contribution in [0.15, 0.2) is 0 Å². The van der Waals surface area contributed by atoms with Crippen LogP contribution in [-0.4, -0.2) is 0 Å². The van der Waals surface area contributed by atoms with Gasteiger partial charge in [0.25, 0.3) is 0 Å². The van der Waals surface area contributed by atoms with Crippen LogP contribution in [0.3, 0.4) is 0 Å². The molecule has 0 aromatic rings. The third-order valence-corrected chi connectivity index (χ3v) is 6.05. The summed E-state index contributed by atoms with van der Waals surface area (Å²) in [5.41, 5.74) is 0.581. The van der Waals surface area contributed by atoms with Crippen molar-refractivity contribution in [2.45, 2.75) is 131 Å². The van der Waals surface area contributed by atoms with E-state index in [1.165, 1.54) is 96.3 Å². The van der Waals surface area contributed by atoms with E-state index in [0.717, 1.165) is 5.92 Å². The van der Waals surface area contributed by atoms with Gasteiger partial charge in [0, 0.05) is 0 Å². The zero-order valence-electron chi connectivity index (χ0n) is 16.7. The molecule has 0 nitrogen and oxygen atoms in total. The van der Waals surface area contributed by atoms with Crippen LogP contribution < -0.4 is 0 Å². The summed E-state index contributed by atoms with van der Waals surface area (Å²) in [4.78, 5) is 0. The molecule has 0 heteroatoms. The lowest BCUT2D eigenvalue weighted by molar-refractivity contribution is 0.183. The monoisotopic (exact) mass is 310 g/mol. The molecule has 0 aliphatic carbocycles. The predicted octanol–water partition coefficient (Wildman–Crippen LogP) is 8.54. The molecule has 0 saturated heterocycles. The van der Waals surface area contributed by atoms with Crippen molar-refractivity contribution in [1.29, 1.82) is 0 Å². The maximum Gasteiger partial charge on any atom is -0.0305 e. The summed E-state index contributed by atoms with van der Waals surface area (Å²) >= 11 is 0. The fraction of sp³-hybridized carbons (Fsp3) is 1.00. The number of rotatable bonds is 16. The van der Waals surface area contributed by atoms with Crippen LogP contribution in [-0.2, 0) is 0 Å². The summed E-state index contributed by atoms with van der Waals surface area (Å²) in [6.07, 6.45) is 21.7. The Kier molecular flexibility index (Phi) is 14.6. The van der Waals surface area contributed by atoms with Crippen molar-refractivity contribution in [2.75, 3.05) is 0 Å². The molecule has 134 valence electrons. The van der Waals surface area contributed by atoms with Crippen molar-refractivity contribution in [2.24, 2.45) is 11.3 Å². The quantitative estimate of drug-likeness (QED) is 0.250. The normalized spacial score (nSPS) is 14.5. The largest absolute Gasteiger partial charge is 0.0654 e. The third kappa shape index (κ3) is 11.6. The molecule has 0 spiro atoms. The molecule has 0 aromatic carbocycles. The first-order valence-electron chi connectivity index (χ1n) is 10.6. The number of hydrogen-bond acceptors (Lipinski definition) is 0. The molecule has 0 saturated carbocycles. The van der Waals surface area contributed by atoms with E-state index in [2.05, 4.69) is 34.6 Å². The molecule has 1 atom stereocenters. The molecule has 0 aliphatic heterocycles. The fourth-order valence-electron chi connectivity index (χ4n) is 3.42. The van der Waals surface area contributed by atoms with Gasteiger partial charge in [-0.3, -0.25) is 0 Å². The average Bonchev–Trinajstić information content (AvgIpc) is 2.51. The van der Waals surface area contributed by atoms with Crippen LogP contribution in [0.4, 0.5) is 0 Å². The summed E-state index contributed by atoms with van der Waals surface area (Å²) in [5.74, 6) is 0.829. The van der Waals surface area contributed by atoms with Crippen molar-refractivity contribution < 1.29 is 0 Å². The van der Waals surface area contributed by atoms with E-state index in [1.807, 2.05) is 0 Å². The van der Waals surface area contributed by atoms with Gasteiger partial charge in [0.05, 0.1) is 0 Å². The molecule has 0 amide bonds. The van der Waals surface area contributed by atoms with Gasteiger partial charge in [0.1, 0.15) is 0 Å². The predicted molar refractivity (Wildman–Crippen MR) is 104 cm³/mol. The molecule has 0 N–H and O–H groups in total. The second-order valence-electron chi connectivity index (χ2n) is 8.15. The van der Waals surface area contributed by atoms with Gasteiger partial charge in [-0.25, -0.2) is 0 Å². The highest BCUT2D eigenvalue weighted by Crippen LogP contribution is 2.36. The Labute approximate surface area is 142 Å². The summed E-state index contributed by atoms with van der Waals surface area (Å²) in [6, 6.07) is 0. The van der Waals surface area contributed by atoms with Crippen molar-refractivity contribution in [3.05, 3.63) is 0 Å². The Morgan fingerprint density at radius 1 is 0.591 bits per heavy atom. The molecule has 0 aromatic heterocycles. The molecule has 0 fully saturated rings. The molecule has 22 heavy (non-hydrogen) atoms. The highest BCUT2D eigenvalue weighted by atomic mass is 14.3. The first-order valence-corrected chi connectivity index (χ1v) is 10.6. The Morgan fingerprint density at radius 3 is 1.27 bits per heavy atom. The highest BCUT2D eigenvalue weighted by Gasteiger charge is 2.25. The van der Waals surface area contributed by atoms with E-state index < -0.39 is 0 Å². The Morgan fingerprint density at radius 2 is 0.955 bits per heavy atom. The van der Waals surface area contributed by atoms with Gasteiger partial charge in [-0.15, -0.1) is 0 Å². The van der Waals surface area contributed by atoms with Gasteiger partial charge in [-0.2, -0.15) is 0 Å². The second kappa shape index (κ2) is 14.6. The number of unbranched alkanes of at least 4 members (excludes halogenated alkanes) is 12. The van der Waals surface area contributed by atoms with E-state index in [1.54, 1.807) is 0 Å². The Balaban J connectivity index is 3.27. The van der Waals surface area contributed by atoms with Crippen molar-refractivity contribution in [1.82, 2.24) is 0 Å². The molecular weight excluding hydrogens is 264 g/mol. The molecular formula is C22H46. The van der Waals surface area contributed by atoms with E-state index in [0.29, 0.717) is 5.41 Å². The standard InChI is InChI=1S/C22H46/c1-6-8-9-10-11-12-13-14-15-16-17-18-19-20-22(5,7-2)21(3)4/h21H,6-20H2,1-5H3. The van der Waals surface area contributed by atoms with Gasteiger partial charge in [0.2, 0.25) is 0 Å². The topological polar surface area (TPSA) is 0 Å². The minimum Gasteiger partial charge on any atom is -0.0654 e. The lowest BCUT2D eigenvalue weighted by atomic mass is 9.73. The molecule has 1 unspecified atom stereocenters. The van der Waals surface area contributed by atoms with Crippen LogP contribution >= 0.6 is 0 Å². The maximum atomic E-state index is 2.48. The zero-order valence-corrected chi connectivity index (χ0v) is 16.7. The summed E-state index contributed by atoms with van der Waals surface area (Å²) in [7, 11) is 0. The lowest BCUT2D eigenvalue weighted by Gasteiger charge is -2.32. The van der Waals surface area contributed by atoms with Gasteiger partial charge < -0.3 is 0 Å². The van der Waals surface area contributed by atoms with Crippen molar-refractivity contribution in [3.63, 3.8) is 0 Å². The fourth-order valence-corrected chi connectivity index (χ4v) is 3.42. The van der Waals surface area contributed by atoms with E-state index in [-0.39, 0.29) is 0 Å². The third-order valence-electron chi connectivity index (χ3n) is 6.05. The van der Waals surface area contributed by atoms with Crippen molar-refractivity contribution in [3.8, 4) is 0 Å². The minimum atomic E-state index is 0.581. The van der Waals surface area contributed by atoms with Crippen LogP contribution in [0.25, 0.3) is 0 Å². The molecule has 0 rings (SSSR count). The zero-order chi connectivity index (χ0) is 16.7. The summed E-state index contributed by atoms with van der Waals surface area (Å²) < 4.78 is 0. The first-order chi connectivity index (χ1) is 10.6. The molecule has 0 bridgehead atoms. The SMILES string of the molecule is CCCCCCCCCCCCCCCC(C)(CC)C(C)C. The van der Waals surface area contributed by atoms with Crippen LogP contribution in [0.1, 0.15) is 131 Å². The Bertz CT molecular complexity index is 218. The molecule has 0 aliphatic rings. The van der Waals surface area contributed by atoms with E-state index in [9.17, 15) is 0 Å². The van der Waals surface area contributed by atoms with E-state index in [4.69, 9.17) is 0 Å². The van der Waals surface area contributed by atoms with Gasteiger partial charge in [-0.05, 0) is 17.8 Å². The highest BCUT2D eigenvalue weighted by molar-refractivity contribution is 4.75. The minimum absolute atomic E-state index is 0.581. The smallest absolute Gasteiger partial charge is 0.0305 e. The van der Waals surface area contributed by atoms with E-state index >= 15 is 0 Å². The molecule has 0 radical (unpaired) electrons. The van der Waals surface area contributed by atoms with Gasteiger partial charge in [0.15, 0.2) is 0 Å².